The average Bonchev–Trinajstić information content (AvgIpc) is 2.43. The number of rotatable bonds is 1. The van der Waals surface area contributed by atoms with E-state index in [0.29, 0.717) is 0 Å². The van der Waals surface area contributed by atoms with Crippen LogP contribution < -0.4 is 5.32 Å². The number of hydrogen-bond acceptors (Lipinski definition) is 3. The molecule has 4 nitrogen and oxygen atoms in total. The van der Waals surface area contributed by atoms with Gasteiger partial charge in [0, 0.05) is 32.3 Å². The van der Waals surface area contributed by atoms with Crippen LogP contribution in [0.1, 0.15) is 25.7 Å². The molecule has 0 atom stereocenters. The van der Waals surface area contributed by atoms with E-state index in [1.807, 2.05) is 19.3 Å². The molecule has 0 saturated heterocycles. The van der Waals surface area contributed by atoms with Gasteiger partial charge in [0.2, 0.25) is 0 Å². The highest BCUT2D eigenvalue weighted by molar-refractivity contribution is 5.94. The molecule has 76 valence electrons. The summed E-state index contributed by atoms with van der Waals surface area (Å²) in [5.41, 5.74) is 0. The van der Waals surface area contributed by atoms with Crippen LogP contribution in [0.25, 0.3) is 0 Å². The zero-order valence-electron chi connectivity index (χ0n) is 8.53. The summed E-state index contributed by atoms with van der Waals surface area (Å²) < 4.78 is 1.79. The first-order chi connectivity index (χ1) is 6.84. The van der Waals surface area contributed by atoms with Gasteiger partial charge in [0.25, 0.3) is 0 Å². The van der Waals surface area contributed by atoms with Gasteiger partial charge in [0.15, 0.2) is 5.82 Å². The summed E-state index contributed by atoms with van der Waals surface area (Å²) in [6.45, 7) is 0.954. The van der Waals surface area contributed by atoms with Gasteiger partial charge in [-0.1, -0.05) is 6.42 Å². The number of hydrogen-bond donors (Lipinski definition) is 1. The molecule has 4 heteroatoms. The molecule has 2 heterocycles. The fourth-order valence-electron chi connectivity index (χ4n) is 1.61. The molecule has 1 N–H and O–H groups in total. The first kappa shape index (κ1) is 9.24. The van der Waals surface area contributed by atoms with Gasteiger partial charge in [-0.25, -0.2) is 0 Å². The SMILES string of the molecule is Cn1ccc(NC2=NCCCCC2)n1. The highest BCUT2D eigenvalue weighted by Crippen LogP contribution is 2.09. The Morgan fingerprint density at radius 3 is 3.07 bits per heavy atom. The largest absolute Gasteiger partial charge is 0.327 e. The Morgan fingerprint density at radius 2 is 2.29 bits per heavy atom. The van der Waals surface area contributed by atoms with Crippen molar-refractivity contribution in [2.45, 2.75) is 25.7 Å². The number of aromatic nitrogens is 2. The number of aryl methyl sites for hydroxylation is 1. The Morgan fingerprint density at radius 1 is 1.36 bits per heavy atom. The summed E-state index contributed by atoms with van der Waals surface area (Å²) >= 11 is 0. The molecule has 1 aliphatic heterocycles. The van der Waals surface area contributed by atoms with E-state index in [-0.39, 0.29) is 0 Å². The van der Waals surface area contributed by atoms with Crippen LogP contribution >= 0.6 is 0 Å². The molecular formula is C10H16N4. The molecule has 0 unspecified atom stereocenters. The fraction of sp³-hybridized carbons (Fsp3) is 0.600. The van der Waals surface area contributed by atoms with Crippen molar-refractivity contribution in [2.24, 2.45) is 12.0 Å². The van der Waals surface area contributed by atoms with E-state index in [1.54, 1.807) is 4.68 Å². The summed E-state index contributed by atoms with van der Waals surface area (Å²) in [5.74, 6) is 1.98. The lowest BCUT2D eigenvalue weighted by Crippen LogP contribution is -2.12. The van der Waals surface area contributed by atoms with E-state index < -0.39 is 0 Å². The second-order valence-electron chi connectivity index (χ2n) is 3.64. The Kier molecular flexibility index (Phi) is 2.81. The van der Waals surface area contributed by atoms with Crippen LogP contribution in [0.15, 0.2) is 17.3 Å². The van der Waals surface area contributed by atoms with Crippen molar-refractivity contribution in [3.63, 3.8) is 0 Å². The topological polar surface area (TPSA) is 42.2 Å². The highest BCUT2D eigenvalue weighted by atomic mass is 15.3. The van der Waals surface area contributed by atoms with E-state index in [9.17, 15) is 0 Å². The monoisotopic (exact) mass is 192 g/mol. The van der Waals surface area contributed by atoms with Gasteiger partial charge in [-0.15, -0.1) is 0 Å². The molecule has 2 rings (SSSR count). The summed E-state index contributed by atoms with van der Waals surface area (Å²) in [4.78, 5) is 4.48. The summed E-state index contributed by atoms with van der Waals surface area (Å²) in [5, 5.41) is 7.52. The van der Waals surface area contributed by atoms with Gasteiger partial charge in [-0.3, -0.25) is 9.67 Å². The summed E-state index contributed by atoms with van der Waals surface area (Å²) in [7, 11) is 1.92. The quantitative estimate of drug-likeness (QED) is 0.737. The molecule has 0 aliphatic carbocycles. The number of amidine groups is 1. The molecule has 0 spiro atoms. The van der Waals surface area contributed by atoms with Gasteiger partial charge >= 0.3 is 0 Å². The third kappa shape index (κ3) is 2.34. The predicted molar refractivity (Wildman–Crippen MR) is 57.6 cm³/mol. The first-order valence-electron chi connectivity index (χ1n) is 5.14. The second kappa shape index (κ2) is 4.26. The summed E-state index contributed by atoms with van der Waals surface area (Å²) in [6, 6.07) is 1.97. The summed E-state index contributed by atoms with van der Waals surface area (Å²) in [6.07, 6.45) is 6.72. The zero-order chi connectivity index (χ0) is 9.80. The molecule has 0 amide bonds. The third-order valence-electron chi connectivity index (χ3n) is 2.36. The van der Waals surface area contributed by atoms with Crippen LogP contribution in [0, 0.1) is 0 Å². The van der Waals surface area contributed by atoms with E-state index >= 15 is 0 Å². The van der Waals surface area contributed by atoms with Gasteiger partial charge in [-0.05, 0) is 12.8 Å². The van der Waals surface area contributed by atoms with E-state index in [0.717, 1.165) is 24.6 Å². The first-order valence-corrected chi connectivity index (χ1v) is 5.14. The Balaban J connectivity index is 1.99. The minimum atomic E-state index is 0.896. The molecule has 1 aliphatic rings. The number of aliphatic imine (C=N–C) groups is 1. The molecule has 0 bridgehead atoms. The second-order valence-corrected chi connectivity index (χ2v) is 3.64. The Bertz CT molecular complexity index is 327. The van der Waals surface area contributed by atoms with Crippen molar-refractivity contribution in [1.29, 1.82) is 0 Å². The van der Waals surface area contributed by atoms with Gasteiger partial charge in [-0.2, -0.15) is 5.10 Å². The minimum Gasteiger partial charge on any atom is -0.327 e. The van der Waals surface area contributed by atoms with Crippen molar-refractivity contribution in [3.05, 3.63) is 12.3 Å². The standard InChI is InChI=1S/C10H16N4/c1-14-8-6-10(13-14)12-9-5-3-2-4-7-11-9/h6,8H,2-5,7H2,1H3,(H,11,12,13). The van der Waals surface area contributed by atoms with Crippen molar-refractivity contribution < 1.29 is 0 Å². The van der Waals surface area contributed by atoms with Crippen LogP contribution in [-0.4, -0.2) is 22.2 Å². The van der Waals surface area contributed by atoms with Crippen molar-refractivity contribution in [1.82, 2.24) is 9.78 Å². The molecular weight excluding hydrogens is 176 g/mol. The molecule has 1 aromatic rings. The minimum absolute atomic E-state index is 0.896. The van der Waals surface area contributed by atoms with E-state index in [1.165, 1.54) is 19.3 Å². The third-order valence-corrected chi connectivity index (χ3v) is 2.36. The smallest absolute Gasteiger partial charge is 0.153 e. The molecule has 0 fully saturated rings. The van der Waals surface area contributed by atoms with Gasteiger partial charge < -0.3 is 5.32 Å². The van der Waals surface area contributed by atoms with Gasteiger partial charge in [0.1, 0.15) is 5.84 Å². The van der Waals surface area contributed by atoms with E-state index in [2.05, 4.69) is 15.4 Å². The molecule has 0 saturated carbocycles. The predicted octanol–water partition coefficient (Wildman–Crippen LogP) is 1.80. The Hall–Kier alpha value is -1.32. The highest BCUT2D eigenvalue weighted by Gasteiger charge is 2.05. The average molecular weight is 192 g/mol. The number of nitrogens with one attached hydrogen (secondary N) is 1. The lowest BCUT2D eigenvalue weighted by atomic mass is 10.2. The molecule has 0 aromatic carbocycles. The Labute approximate surface area is 84.0 Å². The molecule has 1 aromatic heterocycles. The van der Waals surface area contributed by atoms with Crippen molar-refractivity contribution in [3.8, 4) is 0 Å². The van der Waals surface area contributed by atoms with Crippen LogP contribution in [0.2, 0.25) is 0 Å². The van der Waals surface area contributed by atoms with E-state index in [4.69, 9.17) is 0 Å². The van der Waals surface area contributed by atoms with Crippen LogP contribution in [0.3, 0.4) is 0 Å². The maximum Gasteiger partial charge on any atom is 0.153 e. The zero-order valence-corrected chi connectivity index (χ0v) is 8.53. The lowest BCUT2D eigenvalue weighted by Gasteiger charge is -2.04. The normalized spacial score (nSPS) is 17.4. The number of nitrogens with zero attached hydrogens (tertiary/aromatic N) is 3. The molecule has 0 radical (unpaired) electrons. The van der Waals surface area contributed by atoms with Crippen LogP contribution in [-0.2, 0) is 7.05 Å². The maximum atomic E-state index is 4.48. The fourth-order valence-corrected chi connectivity index (χ4v) is 1.61. The van der Waals surface area contributed by atoms with Gasteiger partial charge in [0.05, 0.1) is 0 Å². The lowest BCUT2D eigenvalue weighted by molar-refractivity contribution is 0.731. The van der Waals surface area contributed by atoms with Crippen molar-refractivity contribution >= 4 is 11.7 Å². The maximum absolute atomic E-state index is 4.48. The van der Waals surface area contributed by atoms with Crippen molar-refractivity contribution in [2.75, 3.05) is 11.9 Å². The number of anilines is 1. The molecule has 14 heavy (non-hydrogen) atoms. The van der Waals surface area contributed by atoms with Crippen LogP contribution in [0.4, 0.5) is 5.82 Å². The van der Waals surface area contributed by atoms with Crippen LogP contribution in [0.5, 0.6) is 0 Å².